The summed E-state index contributed by atoms with van der Waals surface area (Å²) < 4.78 is 37.7. The summed E-state index contributed by atoms with van der Waals surface area (Å²) in [6.07, 6.45) is 11.1. The summed E-state index contributed by atoms with van der Waals surface area (Å²) in [7, 11) is 0. The second kappa shape index (κ2) is 8.05. The van der Waals surface area contributed by atoms with Crippen LogP contribution in [0.15, 0.2) is 12.4 Å². The van der Waals surface area contributed by atoms with Crippen molar-refractivity contribution in [2.45, 2.75) is 83.2 Å². The molecule has 1 heterocycles. The highest BCUT2D eigenvalue weighted by Gasteiger charge is 2.35. The van der Waals surface area contributed by atoms with E-state index < -0.39 is 12.0 Å². The van der Waals surface area contributed by atoms with Gasteiger partial charge in [0.15, 0.2) is 0 Å². The Hall–Kier alpha value is -1.13. The Balaban J connectivity index is 1.49. The van der Waals surface area contributed by atoms with E-state index in [1.54, 1.807) is 0 Å². The van der Waals surface area contributed by atoms with Crippen molar-refractivity contribution < 1.29 is 13.2 Å². The number of halogens is 3. The third kappa shape index (κ3) is 4.73. The summed E-state index contributed by atoms with van der Waals surface area (Å²) >= 11 is 0. The number of nitrogens with zero attached hydrogens (tertiary/aromatic N) is 2. The minimum Gasteiger partial charge on any atom is -0.233 e. The van der Waals surface area contributed by atoms with E-state index in [0.29, 0.717) is 5.92 Å². The molecule has 1 aromatic rings. The molecule has 2 nitrogen and oxygen atoms in total. The molecule has 0 aromatic carbocycles. The Labute approximate surface area is 148 Å². The minimum absolute atomic E-state index is 0.329. The average Bonchev–Trinajstić information content (AvgIpc) is 2.62. The Morgan fingerprint density at radius 3 is 1.88 bits per heavy atom. The van der Waals surface area contributed by atoms with Gasteiger partial charge in [-0.1, -0.05) is 32.6 Å². The second-order valence-electron chi connectivity index (χ2n) is 8.02. The summed E-state index contributed by atoms with van der Waals surface area (Å²) in [6.45, 7) is 2.28. The summed E-state index contributed by atoms with van der Waals surface area (Å²) in [4.78, 5) is 7.05. The quantitative estimate of drug-likeness (QED) is 0.627. The zero-order valence-electron chi connectivity index (χ0n) is 15.1. The van der Waals surface area contributed by atoms with Crippen molar-refractivity contribution in [3.63, 3.8) is 0 Å². The van der Waals surface area contributed by atoms with Crippen LogP contribution in [0.4, 0.5) is 13.2 Å². The van der Waals surface area contributed by atoms with Crippen LogP contribution < -0.4 is 0 Å². The molecule has 5 heteroatoms. The third-order valence-electron chi connectivity index (χ3n) is 6.42. The Kier molecular flexibility index (Phi) is 6.00. The molecule has 0 spiro atoms. The summed E-state index contributed by atoms with van der Waals surface area (Å²) in [5, 5.41) is 0. The van der Waals surface area contributed by atoms with Gasteiger partial charge in [-0.05, 0) is 67.8 Å². The van der Waals surface area contributed by atoms with Gasteiger partial charge in [-0.3, -0.25) is 0 Å². The first kappa shape index (κ1) is 18.7. The zero-order chi connectivity index (χ0) is 17.9. The van der Waals surface area contributed by atoms with Crippen LogP contribution in [0.3, 0.4) is 0 Å². The zero-order valence-corrected chi connectivity index (χ0v) is 15.1. The van der Waals surface area contributed by atoms with Crippen LogP contribution in [0.2, 0.25) is 0 Å². The van der Waals surface area contributed by atoms with Crippen LogP contribution in [-0.4, -0.2) is 9.97 Å². The molecule has 2 aliphatic rings. The molecule has 0 saturated heterocycles. The third-order valence-corrected chi connectivity index (χ3v) is 6.42. The molecule has 2 fully saturated rings. The highest BCUT2D eigenvalue weighted by Crippen LogP contribution is 2.44. The van der Waals surface area contributed by atoms with Crippen molar-refractivity contribution in [3.8, 4) is 0 Å². The van der Waals surface area contributed by atoms with Crippen LogP contribution in [0.1, 0.15) is 88.4 Å². The molecule has 0 amide bonds. The van der Waals surface area contributed by atoms with Gasteiger partial charge in [0.2, 0.25) is 5.82 Å². The van der Waals surface area contributed by atoms with E-state index in [1.807, 2.05) is 0 Å². The average molecular weight is 354 g/mol. The van der Waals surface area contributed by atoms with Crippen molar-refractivity contribution in [2.75, 3.05) is 0 Å². The maximum absolute atomic E-state index is 12.6. The van der Waals surface area contributed by atoms with Crippen LogP contribution >= 0.6 is 0 Å². The molecule has 0 atom stereocenters. The molecule has 3 rings (SSSR count). The number of hydrogen-bond acceptors (Lipinski definition) is 2. The summed E-state index contributed by atoms with van der Waals surface area (Å²) in [5.74, 6) is 1.93. The van der Waals surface area contributed by atoms with E-state index in [1.165, 1.54) is 63.8 Å². The Morgan fingerprint density at radius 1 is 0.880 bits per heavy atom. The largest absolute Gasteiger partial charge is 0.451 e. The highest BCUT2D eigenvalue weighted by atomic mass is 19.4. The molecular formula is C20H29F3N2. The van der Waals surface area contributed by atoms with Gasteiger partial charge < -0.3 is 0 Å². The summed E-state index contributed by atoms with van der Waals surface area (Å²) in [6, 6.07) is 0. The predicted octanol–water partition coefficient (Wildman–Crippen LogP) is 6.38. The number of alkyl halides is 3. The lowest BCUT2D eigenvalue weighted by Gasteiger charge is -2.38. The first-order valence-electron chi connectivity index (χ1n) is 9.86. The number of aromatic nitrogens is 2. The predicted molar refractivity (Wildman–Crippen MR) is 92.1 cm³/mol. The smallest absolute Gasteiger partial charge is 0.233 e. The molecule has 2 aliphatic carbocycles. The van der Waals surface area contributed by atoms with E-state index in [0.717, 1.165) is 36.2 Å². The van der Waals surface area contributed by atoms with Gasteiger partial charge in [0, 0.05) is 12.4 Å². The normalized spacial score (nSPS) is 31.0. The van der Waals surface area contributed by atoms with Crippen molar-refractivity contribution in [1.29, 1.82) is 0 Å². The SMILES string of the molecule is CCCC1CCC(C2CCC(c3cnc(C(F)(F)F)nc3)CC2)CC1. The van der Waals surface area contributed by atoms with E-state index in [4.69, 9.17) is 0 Å². The van der Waals surface area contributed by atoms with E-state index in [2.05, 4.69) is 16.9 Å². The first-order chi connectivity index (χ1) is 12.0. The number of hydrogen-bond donors (Lipinski definition) is 0. The van der Waals surface area contributed by atoms with E-state index >= 15 is 0 Å². The van der Waals surface area contributed by atoms with Gasteiger partial charge in [0.1, 0.15) is 0 Å². The minimum atomic E-state index is -4.45. The highest BCUT2D eigenvalue weighted by molar-refractivity contribution is 5.13. The van der Waals surface area contributed by atoms with Crippen LogP contribution in [0.25, 0.3) is 0 Å². The second-order valence-corrected chi connectivity index (χ2v) is 8.02. The molecule has 0 bridgehead atoms. The van der Waals surface area contributed by atoms with Crippen molar-refractivity contribution in [3.05, 3.63) is 23.8 Å². The van der Waals surface area contributed by atoms with Crippen LogP contribution in [0, 0.1) is 17.8 Å². The van der Waals surface area contributed by atoms with Gasteiger partial charge in [0.25, 0.3) is 0 Å². The number of rotatable bonds is 4. The molecular weight excluding hydrogens is 325 g/mol. The lowest BCUT2D eigenvalue weighted by molar-refractivity contribution is -0.145. The molecule has 1 aromatic heterocycles. The molecule has 0 radical (unpaired) electrons. The van der Waals surface area contributed by atoms with Gasteiger partial charge in [-0.15, -0.1) is 0 Å². The maximum atomic E-state index is 12.6. The van der Waals surface area contributed by atoms with Crippen molar-refractivity contribution >= 4 is 0 Å². The van der Waals surface area contributed by atoms with Crippen LogP contribution in [0.5, 0.6) is 0 Å². The first-order valence-corrected chi connectivity index (χ1v) is 9.86. The topological polar surface area (TPSA) is 25.8 Å². The lowest BCUT2D eigenvalue weighted by atomic mass is 9.68. The Morgan fingerprint density at radius 2 is 1.40 bits per heavy atom. The van der Waals surface area contributed by atoms with Gasteiger partial charge in [-0.2, -0.15) is 13.2 Å². The maximum Gasteiger partial charge on any atom is 0.451 e. The Bertz CT molecular complexity index is 525. The molecule has 2 saturated carbocycles. The monoisotopic (exact) mass is 354 g/mol. The van der Waals surface area contributed by atoms with Gasteiger partial charge in [-0.25, -0.2) is 9.97 Å². The lowest BCUT2D eigenvalue weighted by Crippen LogP contribution is -2.25. The van der Waals surface area contributed by atoms with Gasteiger partial charge in [0.05, 0.1) is 0 Å². The van der Waals surface area contributed by atoms with E-state index in [9.17, 15) is 13.2 Å². The summed E-state index contributed by atoms with van der Waals surface area (Å²) in [5.41, 5.74) is 0.873. The van der Waals surface area contributed by atoms with Crippen LogP contribution in [-0.2, 0) is 6.18 Å². The van der Waals surface area contributed by atoms with Crippen molar-refractivity contribution in [2.24, 2.45) is 17.8 Å². The van der Waals surface area contributed by atoms with Gasteiger partial charge >= 0.3 is 6.18 Å². The van der Waals surface area contributed by atoms with Crippen molar-refractivity contribution in [1.82, 2.24) is 9.97 Å². The fourth-order valence-electron chi connectivity index (χ4n) is 4.98. The fraction of sp³-hybridized carbons (Fsp3) is 0.800. The van der Waals surface area contributed by atoms with E-state index in [-0.39, 0.29) is 0 Å². The fourth-order valence-corrected chi connectivity index (χ4v) is 4.98. The molecule has 0 unspecified atom stereocenters. The molecule has 140 valence electrons. The molecule has 25 heavy (non-hydrogen) atoms. The standard InChI is InChI=1S/C20H29F3N2/c1-2-3-14-4-6-15(7-5-14)16-8-10-17(11-9-16)18-12-24-19(25-13-18)20(21,22)23/h12-17H,2-11H2,1H3. The molecule has 0 N–H and O–H groups in total. The molecule has 0 aliphatic heterocycles.